The molecule has 3 nitrogen and oxygen atoms in total. The Hall–Kier alpha value is -1.19. The van der Waals surface area contributed by atoms with Gasteiger partial charge in [-0.15, -0.1) is 0 Å². The Morgan fingerprint density at radius 3 is 2.67 bits per heavy atom. The summed E-state index contributed by atoms with van der Waals surface area (Å²) in [6.07, 6.45) is 2.51. The van der Waals surface area contributed by atoms with E-state index >= 15 is 0 Å². The first-order valence-corrected chi connectivity index (χ1v) is 7.92. The Labute approximate surface area is 128 Å². The van der Waals surface area contributed by atoms with Crippen LogP contribution in [0.5, 0.6) is 0 Å². The van der Waals surface area contributed by atoms with Crippen LogP contribution in [0.4, 0.5) is 0 Å². The molecule has 2 unspecified atom stereocenters. The molecular formula is C18H28N2O. The first kappa shape index (κ1) is 16.2. The Bertz CT molecular complexity index is 512. The van der Waals surface area contributed by atoms with Gasteiger partial charge in [-0.2, -0.15) is 0 Å². The fourth-order valence-corrected chi connectivity index (χ4v) is 3.04. The quantitative estimate of drug-likeness (QED) is 0.778. The number of Topliss-reactive ketones (excluding diaryl/α,β-unsaturated/α-hetero) is 1. The summed E-state index contributed by atoms with van der Waals surface area (Å²) in [4.78, 5) is 17.3. The molecule has 0 aromatic heterocycles. The minimum atomic E-state index is -0.0684. The molecule has 2 rings (SSSR count). The first-order chi connectivity index (χ1) is 9.90. The van der Waals surface area contributed by atoms with Crippen LogP contribution in [0.2, 0.25) is 0 Å². The average molecular weight is 288 g/mol. The molecule has 1 aromatic rings. The van der Waals surface area contributed by atoms with Gasteiger partial charge < -0.3 is 4.90 Å². The highest BCUT2D eigenvalue weighted by molar-refractivity contribution is 6.00. The van der Waals surface area contributed by atoms with Crippen molar-refractivity contribution in [3.05, 3.63) is 34.9 Å². The summed E-state index contributed by atoms with van der Waals surface area (Å²) in [7, 11) is 4.25. The minimum Gasteiger partial charge on any atom is -0.302 e. The van der Waals surface area contributed by atoms with Crippen LogP contribution in [-0.4, -0.2) is 54.9 Å². The highest BCUT2D eigenvalue weighted by atomic mass is 16.1. The molecule has 1 heterocycles. The van der Waals surface area contributed by atoms with Gasteiger partial charge in [0.25, 0.3) is 0 Å². The van der Waals surface area contributed by atoms with Crippen LogP contribution in [0.1, 0.15) is 41.3 Å². The van der Waals surface area contributed by atoms with Crippen molar-refractivity contribution in [1.29, 1.82) is 0 Å². The van der Waals surface area contributed by atoms with Crippen molar-refractivity contribution in [3.8, 4) is 0 Å². The Morgan fingerprint density at radius 1 is 1.38 bits per heavy atom. The number of likely N-dealkylation sites (N-methyl/N-ethyl adjacent to an activating group) is 2. The molecule has 0 bridgehead atoms. The topological polar surface area (TPSA) is 23.6 Å². The number of hydrogen-bond donors (Lipinski definition) is 0. The van der Waals surface area contributed by atoms with E-state index in [1.807, 2.05) is 25.1 Å². The van der Waals surface area contributed by atoms with Crippen molar-refractivity contribution in [1.82, 2.24) is 9.80 Å². The maximum absolute atomic E-state index is 12.6. The highest BCUT2D eigenvalue weighted by Gasteiger charge is 2.26. The lowest BCUT2D eigenvalue weighted by atomic mass is 9.99. The van der Waals surface area contributed by atoms with Gasteiger partial charge in [-0.1, -0.05) is 12.1 Å². The number of aryl methyl sites for hydroxylation is 2. The van der Waals surface area contributed by atoms with Crippen molar-refractivity contribution < 1.29 is 4.79 Å². The second kappa shape index (κ2) is 6.71. The second-order valence-electron chi connectivity index (χ2n) is 6.56. The van der Waals surface area contributed by atoms with Crippen LogP contribution in [-0.2, 0) is 0 Å². The van der Waals surface area contributed by atoms with Crippen LogP contribution in [0, 0.1) is 13.8 Å². The van der Waals surface area contributed by atoms with E-state index < -0.39 is 0 Å². The van der Waals surface area contributed by atoms with Crippen molar-refractivity contribution in [2.45, 2.75) is 45.7 Å². The van der Waals surface area contributed by atoms with Gasteiger partial charge in [0.1, 0.15) is 0 Å². The molecule has 0 aliphatic carbocycles. The zero-order valence-electron chi connectivity index (χ0n) is 14.0. The second-order valence-corrected chi connectivity index (χ2v) is 6.56. The lowest BCUT2D eigenvalue weighted by molar-refractivity contribution is 0.0842. The third kappa shape index (κ3) is 3.72. The van der Waals surface area contributed by atoms with Crippen molar-refractivity contribution in [3.63, 3.8) is 0 Å². The summed E-state index contributed by atoms with van der Waals surface area (Å²) in [6, 6.07) is 6.53. The van der Waals surface area contributed by atoms with Crippen LogP contribution >= 0.6 is 0 Å². The highest BCUT2D eigenvalue weighted by Crippen LogP contribution is 2.18. The van der Waals surface area contributed by atoms with E-state index in [0.717, 1.165) is 12.1 Å². The van der Waals surface area contributed by atoms with Crippen LogP contribution in [0.3, 0.4) is 0 Å². The zero-order chi connectivity index (χ0) is 15.6. The normalized spacial score (nSPS) is 21.0. The molecule has 0 N–H and O–H groups in total. The van der Waals surface area contributed by atoms with Gasteiger partial charge >= 0.3 is 0 Å². The first-order valence-electron chi connectivity index (χ1n) is 7.92. The van der Waals surface area contributed by atoms with E-state index in [9.17, 15) is 4.79 Å². The Kier molecular flexibility index (Phi) is 5.17. The van der Waals surface area contributed by atoms with E-state index in [-0.39, 0.29) is 11.8 Å². The summed E-state index contributed by atoms with van der Waals surface area (Å²) in [5, 5.41) is 0. The molecule has 0 amide bonds. The van der Waals surface area contributed by atoms with E-state index in [4.69, 9.17) is 0 Å². The summed E-state index contributed by atoms with van der Waals surface area (Å²) in [5.74, 6) is 0.223. The van der Waals surface area contributed by atoms with Gasteiger partial charge in [0.15, 0.2) is 5.78 Å². The number of ketones is 1. The van der Waals surface area contributed by atoms with Gasteiger partial charge in [0, 0.05) is 18.2 Å². The largest absolute Gasteiger partial charge is 0.302 e. The van der Waals surface area contributed by atoms with Crippen molar-refractivity contribution in [2.24, 2.45) is 0 Å². The summed E-state index contributed by atoms with van der Waals surface area (Å²) < 4.78 is 0. The molecule has 1 fully saturated rings. The van der Waals surface area contributed by atoms with Gasteiger partial charge in [0.2, 0.25) is 0 Å². The number of carbonyl (C=O) groups excluding carboxylic acids is 1. The molecule has 1 aliphatic rings. The molecule has 1 aliphatic heterocycles. The van der Waals surface area contributed by atoms with Crippen molar-refractivity contribution >= 4 is 5.78 Å². The van der Waals surface area contributed by atoms with Gasteiger partial charge in [-0.25, -0.2) is 0 Å². The fourth-order valence-electron chi connectivity index (χ4n) is 3.04. The molecule has 1 aromatic carbocycles. The van der Waals surface area contributed by atoms with Gasteiger partial charge in [-0.3, -0.25) is 9.69 Å². The fraction of sp³-hybridized carbons (Fsp3) is 0.611. The zero-order valence-corrected chi connectivity index (χ0v) is 14.0. The van der Waals surface area contributed by atoms with Crippen molar-refractivity contribution in [2.75, 3.05) is 27.2 Å². The molecule has 1 saturated heterocycles. The molecule has 116 valence electrons. The SMILES string of the molecule is Cc1ccc(C(=O)C(C)N(C)CC2CCCN2C)cc1C. The van der Waals surface area contributed by atoms with Crippen LogP contribution < -0.4 is 0 Å². The molecular weight excluding hydrogens is 260 g/mol. The maximum Gasteiger partial charge on any atom is 0.179 e. The summed E-state index contributed by atoms with van der Waals surface area (Å²) in [6.45, 7) is 8.31. The maximum atomic E-state index is 12.6. The van der Waals surface area contributed by atoms with E-state index in [2.05, 4.69) is 37.7 Å². The average Bonchev–Trinajstić information content (AvgIpc) is 2.85. The molecule has 0 saturated carbocycles. The van der Waals surface area contributed by atoms with Crippen LogP contribution in [0.25, 0.3) is 0 Å². The lowest BCUT2D eigenvalue weighted by Gasteiger charge is -2.29. The molecule has 2 atom stereocenters. The Balaban J connectivity index is 2.02. The van der Waals surface area contributed by atoms with Gasteiger partial charge in [-0.05, 0) is 71.4 Å². The summed E-state index contributed by atoms with van der Waals surface area (Å²) in [5.41, 5.74) is 3.25. The number of benzene rings is 1. The molecule has 3 heteroatoms. The third-order valence-electron chi connectivity index (χ3n) is 5.00. The molecule has 21 heavy (non-hydrogen) atoms. The molecule has 0 spiro atoms. The lowest BCUT2D eigenvalue weighted by Crippen LogP contribution is -2.43. The number of hydrogen-bond acceptors (Lipinski definition) is 3. The Morgan fingerprint density at radius 2 is 2.10 bits per heavy atom. The standard InChI is InChI=1S/C18H28N2O/c1-13-8-9-16(11-14(13)2)18(21)15(3)20(5)12-17-7-6-10-19(17)4/h8-9,11,15,17H,6-7,10,12H2,1-5H3. The predicted octanol–water partition coefficient (Wildman–Crippen LogP) is 2.90. The van der Waals surface area contributed by atoms with E-state index in [1.54, 1.807) is 0 Å². The molecule has 0 radical (unpaired) electrons. The predicted molar refractivity (Wildman–Crippen MR) is 88.0 cm³/mol. The van der Waals surface area contributed by atoms with Crippen LogP contribution in [0.15, 0.2) is 18.2 Å². The van der Waals surface area contributed by atoms with E-state index in [1.165, 1.54) is 30.5 Å². The number of rotatable bonds is 5. The smallest absolute Gasteiger partial charge is 0.179 e. The van der Waals surface area contributed by atoms with E-state index in [0.29, 0.717) is 6.04 Å². The summed E-state index contributed by atoms with van der Waals surface area (Å²) >= 11 is 0. The number of carbonyl (C=O) groups is 1. The number of nitrogens with zero attached hydrogens (tertiary/aromatic N) is 2. The number of likely N-dealkylation sites (tertiary alicyclic amines) is 1. The minimum absolute atomic E-state index is 0.0684. The third-order valence-corrected chi connectivity index (χ3v) is 5.00. The van der Waals surface area contributed by atoms with Gasteiger partial charge in [0.05, 0.1) is 6.04 Å². The monoisotopic (exact) mass is 288 g/mol.